The lowest BCUT2D eigenvalue weighted by Gasteiger charge is -2.29. The highest BCUT2D eigenvalue weighted by Gasteiger charge is 2.42. The Morgan fingerprint density at radius 1 is 1.16 bits per heavy atom. The molecule has 3 aromatic rings. The Morgan fingerprint density at radius 3 is 2.65 bits per heavy atom. The summed E-state index contributed by atoms with van der Waals surface area (Å²) in [5.41, 5.74) is 4.13. The Balaban J connectivity index is 1.74. The molecule has 31 heavy (non-hydrogen) atoms. The Labute approximate surface area is 192 Å². The van der Waals surface area contributed by atoms with Crippen LogP contribution in [0.5, 0.6) is 5.75 Å². The van der Waals surface area contributed by atoms with Crippen molar-refractivity contribution in [2.75, 3.05) is 25.2 Å². The second kappa shape index (κ2) is 9.26. The van der Waals surface area contributed by atoms with E-state index in [2.05, 4.69) is 45.9 Å². The summed E-state index contributed by atoms with van der Waals surface area (Å²) in [6, 6.07) is 15.7. The molecule has 0 aliphatic carbocycles. The molecule has 1 aliphatic rings. The first kappa shape index (κ1) is 21.6. The van der Waals surface area contributed by atoms with E-state index in [4.69, 9.17) is 33.3 Å². The molecule has 0 bridgehead atoms. The number of hydrogen-bond donors (Lipinski definition) is 1. The highest BCUT2D eigenvalue weighted by Crippen LogP contribution is 2.43. The summed E-state index contributed by atoms with van der Waals surface area (Å²) in [4.78, 5) is 6.70. The second-order valence-corrected chi connectivity index (χ2v) is 8.21. The molecule has 162 valence electrons. The average molecular weight is 457 g/mol. The topological polar surface area (TPSA) is 51.6 Å². The Hall–Kier alpha value is -2.61. The van der Waals surface area contributed by atoms with Crippen molar-refractivity contribution in [1.82, 2.24) is 14.9 Å². The van der Waals surface area contributed by atoms with Gasteiger partial charge in [0.25, 0.3) is 0 Å². The summed E-state index contributed by atoms with van der Waals surface area (Å²) in [5.74, 6) is 0.619. The average Bonchev–Trinajstić information content (AvgIpc) is 3.28. The van der Waals surface area contributed by atoms with Crippen molar-refractivity contribution in [3.8, 4) is 5.75 Å². The van der Waals surface area contributed by atoms with Crippen LogP contribution in [0.1, 0.15) is 29.2 Å². The molecule has 1 aromatic carbocycles. The highest BCUT2D eigenvalue weighted by molar-refractivity contribution is 7.80. The van der Waals surface area contributed by atoms with Crippen LogP contribution in [-0.2, 0) is 11.8 Å². The molecule has 1 N–H and O–H groups in total. The summed E-state index contributed by atoms with van der Waals surface area (Å²) in [6.45, 7) is 3.03. The number of thiocarbonyl (C=S) groups is 1. The van der Waals surface area contributed by atoms with Gasteiger partial charge in [-0.2, -0.15) is 0 Å². The van der Waals surface area contributed by atoms with Gasteiger partial charge in [-0.05, 0) is 61.6 Å². The third-order valence-corrected chi connectivity index (χ3v) is 6.16. The molecular weight excluding hydrogens is 432 g/mol. The SMILES string of the molecule is COCCOc1ccc(N2C(=S)N[C@H](c3ccccn3)[C@@H]2c2ccc(C)n2C)cc1Cl. The fourth-order valence-corrected chi connectivity index (χ4v) is 4.43. The molecular formula is C23H25ClN4O2S. The van der Waals surface area contributed by atoms with Gasteiger partial charge >= 0.3 is 0 Å². The van der Waals surface area contributed by atoms with Crippen LogP contribution in [0.15, 0.2) is 54.7 Å². The number of pyridine rings is 1. The summed E-state index contributed by atoms with van der Waals surface area (Å²) < 4.78 is 12.9. The van der Waals surface area contributed by atoms with Crippen LogP contribution >= 0.6 is 23.8 Å². The zero-order chi connectivity index (χ0) is 22.0. The molecule has 3 heterocycles. The van der Waals surface area contributed by atoms with Crippen LogP contribution in [0.25, 0.3) is 0 Å². The number of benzene rings is 1. The van der Waals surface area contributed by atoms with Gasteiger partial charge in [0, 0.05) is 37.4 Å². The normalized spacial score (nSPS) is 18.3. The zero-order valence-electron chi connectivity index (χ0n) is 17.7. The number of ether oxygens (including phenoxy) is 2. The van der Waals surface area contributed by atoms with Crippen LogP contribution in [-0.4, -0.2) is 35.0 Å². The monoisotopic (exact) mass is 456 g/mol. The zero-order valence-corrected chi connectivity index (χ0v) is 19.3. The minimum absolute atomic E-state index is 0.0857. The van der Waals surface area contributed by atoms with Gasteiger partial charge in [0.1, 0.15) is 18.4 Å². The van der Waals surface area contributed by atoms with Crippen LogP contribution in [0.4, 0.5) is 5.69 Å². The summed E-state index contributed by atoms with van der Waals surface area (Å²) in [6.07, 6.45) is 1.80. The number of nitrogens with one attached hydrogen (secondary N) is 1. The summed E-state index contributed by atoms with van der Waals surface area (Å²) in [7, 11) is 3.71. The van der Waals surface area contributed by atoms with Gasteiger partial charge in [0.05, 0.1) is 23.4 Å². The number of nitrogens with zero attached hydrogens (tertiary/aromatic N) is 3. The van der Waals surface area contributed by atoms with E-state index in [-0.39, 0.29) is 12.1 Å². The van der Waals surface area contributed by atoms with E-state index in [0.717, 1.165) is 17.1 Å². The van der Waals surface area contributed by atoms with Crippen molar-refractivity contribution in [3.05, 3.63) is 76.8 Å². The van der Waals surface area contributed by atoms with Crippen LogP contribution < -0.4 is 15.0 Å². The third-order valence-electron chi connectivity index (χ3n) is 5.55. The van der Waals surface area contributed by atoms with E-state index in [1.165, 1.54) is 5.69 Å². The van der Waals surface area contributed by atoms with E-state index in [1.807, 2.05) is 36.4 Å². The Bertz CT molecular complexity index is 1070. The smallest absolute Gasteiger partial charge is 0.174 e. The predicted molar refractivity (Wildman–Crippen MR) is 127 cm³/mol. The highest BCUT2D eigenvalue weighted by atomic mass is 35.5. The largest absolute Gasteiger partial charge is 0.490 e. The molecule has 2 atom stereocenters. The van der Waals surface area contributed by atoms with Gasteiger partial charge < -0.3 is 24.3 Å². The molecule has 4 rings (SSSR count). The summed E-state index contributed by atoms with van der Waals surface area (Å²) in [5, 5.41) is 4.63. The Morgan fingerprint density at radius 2 is 2.00 bits per heavy atom. The fourth-order valence-electron chi connectivity index (χ4n) is 3.86. The van der Waals surface area contributed by atoms with E-state index < -0.39 is 0 Å². The van der Waals surface area contributed by atoms with E-state index in [0.29, 0.717) is 29.1 Å². The van der Waals surface area contributed by atoms with Gasteiger partial charge in [-0.3, -0.25) is 4.98 Å². The van der Waals surface area contributed by atoms with Crippen LogP contribution in [0.2, 0.25) is 5.02 Å². The maximum Gasteiger partial charge on any atom is 0.174 e. The molecule has 0 saturated carbocycles. The molecule has 6 nitrogen and oxygen atoms in total. The molecule has 0 radical (unpaired) electrons. The number of rotatable bonds is 7. The van der Waals surface area contributed by atoms with Gasteiger partial charge in [-0.1, -0.05) is 17.7 Å². The number of halogens is 1. The lowest BCUT2D eigenvalue weighted by Crippen LogP contribution is -2.30. The van der Waals surface area contributed by atoms with Crippen molar-refractivity contribution >= 4 is 34.6 Å². The lowest BCUT2D eigenvalue weighted by atomic mass is 10.0. The van der Waals surface area contributed by atoms with Crippen molar-refractivity contribution in [3.63, 3.8) is 0 Å². The quantitative estimate of drug-likeness (QED) is 0.414. The van der Waals surface area contributed by atoms with E-state index in [1.54, 1.807) is 13.3 Å². The number of hydrogen-bond acceptors (Lipinski definition) is 4. The molecule has 0 spiro atoms. The first-order valence-electron chi connectivity index (χ1n) is 10.1. The van der Waals surface area contributed by atoms with Gasteiger partial charge in [0.2, 0.25) is 0 Å². The van der Waals surface area contributed by atoms with Crippen molar-refractivity contribution in [2.24, 2.45) is 7.05 Å². The van der Waals surface area contributed by atoms with Crippen molar-refractivity contribution < 1.29 is 9.47 Å². The Kier molecular flexibility index (Phi) is 6.46. The van der Waals surface area contributed by atoms with Gasteiger partial charge in [-0.15, -0.1) is 0 Å². The van der Waals surface area contributed by atoms with Crippen LogP contribution in [0, 0.1) is 6.92 Å². The molecule has 1 saturated heterocycles. The van der Waals surface area contributed by atoms with E-state index in [9.17, 15) is 0 Å². The predicted octanol–water partition coefficient (Wildman–Crippen LogP) is 4.58. The summed E-state index contributed by atoms with van der Waals surface area (Å²) >= 11 is 12.3. The number of aromatic nitrogens is 2. The molecule has 1 fully saturated rings. The third kappa shape index (κ3) is 4.26. The van der Waals surface area contributed by atoms with E-state index >= 15 is 0 Å². The second-order valence-electron chi connectivity index (χ2n) is 7.41. The maximum atomic E-state index is 6.54. The van der Waals surface area contributed by atoms with Crippen molar-refractivity contribution in [2.45, 2.75) is 19.0 Å². The fraction of sp³-hybridized carbons (Fsp3) is 0.304. The molecule has 0 amide bonds. The maximum absolute atomic E-state index is 6.54. The first-order valence-corrected chi connectivity index (χ1v) is 10.8. The first-order chi connectivity index (χ1) is 15.0. The van der Waals surface area contributed by atoms with Gasteiger partial charge in [-0.25, -0.2) is 0 Å². The number of methoxy groups -OCH3 is 1. The standard InChI is InChI=1S/C23H25ClN4O2S/c1-15-7-9-19(27(15)2)22-21(18-6-4-5-11-25-18)26-23(31)28(22)16-8-10-20(17(24)14-16)30-13-12-29-3/h4-11,14,21-22H,12-13H2,1-3H3,(H,26,31)/t21-,22+/m1/s1. The number of aryl methyl sites for hydroxylation is 1. The minimum atomic E-state index is -0.0990. The molecule has 8 heteroatoms. The molecule has 2 aromatic heterocycles. The van der Waals surface area contributed by atoms with Gasteiger partial charge in [0.15, 0.2) is 5.11 Å². The lowest BCUT2D eigenvalue weighted by molar-refractivity contribution is 0.146. The van der Waals surface area contributed by atoms with Crippen molar-refractivity contribution in [1.29, 1.82) is 0 Å². The van der Waals surface area contributed by atoms with Crippen LogP contribution in [0.3, 0.4) is 0 Å². The molecule has 0 unspecified atom stereocenters. The minimum Gasteiger partial charge on any atom is -0.490 e. The number of anilines is 1. The molecule has 1 aliphatic heterocycles.